The van der Waals surface area contributed by atoms with Gasteiger partial charge in [0, 0.05) is 33.4 Å². The summed E-state index contributed by atoms with van der Waals surface area (Å²) in [5.74, 6) is 0. The molecule has 0 amide bonds. The van der Waals surface area contributed by atoms with Crippen molar-refractivity contribution in [2.45, 2.75) is 10.8 Å². The van der Waals surface area contributed by atoms with Crippen molar-refractivity contribution in [2.75, 3.05) is 4.90 Å². The number of hydrogen-bond donors (Lipinski definition) is 0. The van der Waals surface area contributed by atoms with E-state index in [0.717, 1.165) is 55.7 Å². The van der Waals surface area contributed by atoms with Crippen LogP contribution in [-0.4, -0.2) is 0 Å². The van der Waals surface area contributed by atoms with Crippen molar-refractivity contribution >= 4 is 39.0 Å². The van der Waals surface area contributed by atoms with Gasteiger partial charge in [-0.15, -0.1) is 0 Å². The molecule has 356 valence electrons. The number of fused-ring (bicyclic) bond motifs is 9. The summed E-state index contributed by atoms with van der Waals surface area (Å²) in [5, 5.41) is 2.25. The van der Waals surface area contributed by atoms with E-state index >= 15 is 0 Å². The number of furan rings is 1. The van der Waals surface area contributed by atoms with Crippen molar-refractivity contribution in [2.24, 2.45) is 0 Å². The zero-order valence-electron chi connectivity index (χ0n) is 41.6. The first-order chi connectivity index (χ1) is 37.7. The van der Waals surface area contributed by atoms with Gasteiger partial charge in [-0.2, -0.15) is 0 Å². The van der Waals surface area contributed by atoms with Crippen LogP contribution in [0.3, 0.4) is 0 Å². The van der Waals surface area contributed by atoms with Crippen LogP contribution in [0.25, 0.3) is 66.4 Å². The summed E-state index contributed by atoms with van der Waals surface area (Å²) in [4.78, 5) is 2.43. The second-order valence-electron chi connectivity index (χ2n) is 20.2. The number of benzene rings is 12. The van der Waals surface area contributed by atoms with Gasteiger partial charge in [0.15, 0.2) is 0 Å². The van der Waals surface area contributed by atoms with E-state index in [1.807, 2.05) is 6.07 Å². The summed E-state index contributed by atoms with van der Waals surface area (Å²) in [6.07, 6.45) is 0. The van der Waals surface area contributed by atoms with Crippen LogP contribution >= 0.6 is 0 Å². The van der Waals surface area contributed by atoms with Gasteiger partial charge in [0.25, 0.3) is 0 Å². The Kier molecular flexibility index (Phi) is 10.0. The van der Waals surface area contributed by atoms with E-state index in [1.165, 1.54) is 72.3 Å². The van der Waals surface area contributed by atoms with Crippen LogP contribution in [0.2, 0.25) is 0 Å². The Morgan fingerprint density at radius 1 is 0.263 bits per heavy atom. The smallest absolute Gasteiger partial charge is 0.143 e. The minimum absolute atomic E-state index is 0.481. The number of para-hydroxylation sites is 2. The van der Waals surface area contributed by atoms with E-state index in [2.05, 4.69) is 296 Å². The Labute approximate surface area is 443 Å². The number of rotatable bonds is 9. The molecule has 13 aromatic rings. The standard InChI is InChI=1S/C74H49NO/c1-5-21-52(22-6-1)73(53-23-7-2-8-24-53)67-36-17-14-31-65(67)71-59(32-20-37-68(71)73)50-39-43-56(44-40-50)75(57-45-41-51(42-46-57)60-33-19-34-64-63-30-15-18-38-70(63)76-72(60)64)58-47-48-62-61-29-13-16-35-66(61)74(69(62)49-58,54-25-9-3-10-26-54)55-27-11-4-12-28-55/h1-49H. The van der Waals surface area contributed by atoms with Gasteiger partial charge in [-0.1, -0.05) is 255 Å². The first-order valence-corrected chi connectivity index (χ1v) is 26.3. The maximum atomic E-state index is 6.56. The second kappa shape index (κ2) is 17.4. The SMILES string of the molecule is c1ccc(C2(c3ccccc3)c3ccccc3-c3ccc(N(c4ccc(-c5cccc6c5-c5ccccc5C6(c5ccccc5)c5ccccc5)cc4)c4ccc(-c5cccc6c5oc5ccccc56)cc4)cc32)cc1. The van der Waals surface area contributed by atoms with Crippen molar-refractivity contribution in [1.82, 2.24) is 0 Å². The lowest BCUT2D eigenvalue weighted by molar-refractivity contribution is 0.670. The van der Waals surface area contributed by atoms with E-state index in [-0.39, 0.29) is 0 Å². The Balaban J connectivity index is 0.913. The molecule has 2 heteroatoms. The third-order valence-electron chi connectivity index (χ3n) is 16.5. The highest BCUT2D eigenvalue weighted by Gasteiger charge is 2.48. The fraction of sp³-hybridized carbons (Fsp3) is 0.0270. The second-order valence-corrected chi connectivity index (χ2v) is 20.2. The molecule has 0 N–H and O–H groups in total. The maximum Gasteiger partial charge on any atom is 0.143 e. The first-order valence-electron chi connectivity index (χ1n) is 26.3. The molecule has 0 radical (unpaired) electrons. The molecule has 0 atom stereocenters. The number of nitrogens with zero attached hydrogens (tertiary/aromatic N) is 1. The van der Waals surface area contributed by atoms with Gasteiger partial charge >= 0.3 is 0 Å². The molecule has 0 spiro atoms. The predicted octanol–water partition coefficient (Wildman–Crippen LogP) is 19.1. The minimum atomic E-state index is -0.548. The highest BCUT2D eigenvalue weighted by atomic mass is 16.3. The normalized spacial score (nSPS) is 13.5. The largest absolute Gasteiger partial charge is 0.455 e. The summed E-state index contributed by atoms with van der Waals surface area (Å²) < 4.78 is 6.56. The molecule has 1 heterocycles. The molecule has 0 fully saturated rings. The summed E-state index contributed by atoms with van der Waals surface area (Å²) in [5.41, 5.74) is 23.7. The molecule has 0 unspecified atom stereocenters. The molecule has 0 aliphatic heterocycles. The highest BCUT2D eigenvalue weighted by Crippen LogP contribution is 2.60. The average Bonchev–Trinajstić information content (AvgIpc) is 4.25. The zero-order chi connectivity index (χ0) is 50.2. The fourth-order valence-corrected chi connectivity index (χ4v) is 13.3. The lowest BCUT2D eigenvalue weighted by Crippen LogP contribution is -2.28. The van der Waals surface area contributed by atoms with Crippen molar-refractivity contribution in [3.63, 3.8) is 0 Å². The Morgan fingerprint density at radius 3 is 1.28 bits per heavy atom. The van der Waals surface area contributed by atoms with Gasteiger partial charge in [0.05, 0.1) is 10.8 Å². The highest BCUT2D eigenvalue weighted by molar-refractivity contribution is 6.09. The number of hydrogen-bond acceptors (Lipinski definition) is 2. The summed E-state index contributed by atoms with van der Waals surface area (Å²) in [6.45, 7) is 0. The van der Waals surface area contributed by atoms with Crippen LogP contribution in [-0.2, 0) is 10.8 Å². The fourth-order valence-electron chi connectivity index (χ4n) is 13.3. The van der Waals surface area contributed by atoms with Gasteiger partial charge in [-0.05, 0) is 126 Å². The molecular weight excluding hydrogens is 919 g/mol. The molecule has 1 aromatic heterocycles. The van der Waals surface area contributed by atoms with Crippen molar-refractivity contribution in [3.05, 3.63) is 342 Å². The summed E-state index contributed by atoms with van der Waals surface area (Å²) >= 11 is 0. The van der Waals surface area contributed by atoms with Crippen LogP contribution in [0.5, 0.6) is 0 Å². The molecule has 76 heavy (non-hydrogen) atoms. The lowest BCUT2D eigenvalue weighted by atomic mass is 9.67. The van der Waals surface area contributed by atoms with E-state index in [4.69, 9.17) is 4.42 Å². The molecule has 0 saturated carbocycles. The summed E-state index contributed by atoms with van der Waals surface area (Å²) in [7, 11) is 0. The van der Waals surface area contributed by atoms with Crippen LogP contribution in [0.4, 0.5) is 17.1 Å². The summed E-state index contributed by atoms with van der Waals surface area (Å²) in [6, 6.07) is 109. The van der Waals surface area contributed by atoms with Gasteiger partial charge in [0.1, 0.15) is 11.2 Å². The molecule has 2 nitrogen and oxygen atoms in total. The molecule has 0 bridgehead atoms. The van der Waals surface area contributed by atoms with Crippen LogP contribution < -0.4 is 4.90 Å². The van der Waals surface area contributed by atoms with Crippen molar-refractivity contribution in [3.8, 4) is 44.5 Å². The monoisotopic (exact) mass is 967 g/mol. The quantitative estimate of drug-likeness (QED) is 0.143. The van der Waals surface area contributed by atoms with Gasteiger partial charge in [-0.25, -0.2) is 0 Å². The van der Waals surface area contributed by atoms with E-state index in [9.17, 15) is 0 Å². The third-order valence-corrected chi connectivity index (χ3v) is 16.5. The van der Waals surface area contributed by atoms with Gasteiger partial charge in [-0.3, -0.25) is 0 Å². The minimum Gasteiger partial charge on any atom is -0.455 e. The van der Waals surface area contributed by atoms with Crippen LogP contribution in [0.1, 0.15) is 44.5 Å². The van der Waals surface area contributed by atoms with E-state index in [0.29, 0.717) is 0 Å². The maximum absolute atomic E-state index is 6.56. The van der Waals surface area contributed by atoms with Gasteiger partial charge < -0.3 is 9.32 Å². The molecule has 12 aromatic carbocycles. The predicted molar refractivity (Wildman–Crippen MR) is 314 cm³/mol. The topological polar surface area (TPSA) is 16.4 Å². The molecule has 15 rings (SSSR count). The van der Waals surface area contributed by atoms with Gasteiger partial charge in [0.2, 0.25) is 0 Å². The van der Waals surface area contributed by atoms with E-state index < -0.39 is 10.8 Å². The zero-order valence-corrected chi connectivity index (χ0v) is 41.6. The van der Waals surface area contributed by atoms with Crippen LogP contribution in [0, 0.1) is 0 Å². The Hall–Kier alpha value is -9.76. The third kappa shape index (κ3) is 6.41. The number of anilines is 3. The first kappa shape index (κ1) is 43.8. The molecular formula is C74H49NO. The molecule has 2 aliphatic carbocycles. The molecule has 2 aliphatic rings. The van der Waals surface area contributed by atoms with E-state index in [1.54, 1.807) is 0 Å². The lowest BCUT2D eigenvalue weighted by Gasteiger charge is -2.35. The Bertz CT molecular complexity index is 4230. The average molecular weight is 968 g/mol. The van der Waals surface area contributed by atoms with Crippen LogP contribution in [0.15, 0.2) is 302 Å². The molecule has 0 saturated heterocycles. The van der Waals surface area contributed by atoms with Crippen molar-refractivity contribution < 1.29 is 4.42 Å². The Morgan fingerprint density at radius 2 is 0.671 bits per heavy atom. The van der Waals surface area contributed by atoms with Crippen molar-refractivity contribution in [1.29, 1.82) is 0 Å².